The van der Waals surface area contributed by atoms with Gasteiger partial charge in [-0.3, -0.25) is 4.98 Å². The summed E-state index contributed by atoms with van der Waals surface area (Å²) in [7, 11) is 0. The Balaban J connectivity index is 1.71. The maximum atomic E-state index is 13.0. The fourth-order valence-electron chi connectivity index (χ4n) is 2.08. The molecule has 0 bridgehead atoms. The smallest absolute Gasteiger partial charge is 0.358 e. The van der Waals surface area contributed by atoms with Gasteiger partial charge in [-0.1, -0.05) is 5.16 Å². The van der Waals surface area contributed by atoms with Crippen LogP contribution in [0.5, 0.6) is 0 Å². The fraction of sp³-hybridized carbons (Fsp3) is 0.176. The molecule has 0 saturated heterocycles. The van der Waals surface area contributed by atoms with Gasteiger partial charge < -0.3 is 9.26 Å². The molecule has 0 saturated carbocycles. The Labute approximate surface area is 137 Å². The van der Waals surface area contributed by atoms with Gasteiger partial charge in [0.05, 0.1) is 11.9 Å². The Kier molecular flexibility index (Phi) is 4.33. The molecule has 3 rings (SSSR count). The summed E-state index contributed by atoms with van der Waals surface area (Å²) >= 11 is 0. The zero-order valence-electron chi connectivity index (χ0n) is 13.1. The molecule has 0 aliphatic rings. The summed E-state index contributed by atoms with van der Waals surface area (Å²) in [5.74, 6) is -0.409. The number of halogens is 1. The highest BCUT2D eigenvalue weighted by Gasteiger charge is 2.16. The molecular formula is C17H14FN3O3. The minimum Gasteiger partial charge on any atom is -0.454 e. The Morgan fingerprint density at radius 1 is 1.17 bits per heavy atom. The molecule has 0 unspecified atom stereocenters. The van der Waals surface area contributed by atoms with Crippen LogP contribution in [0, 0.1) is 19.7 Å². The molecule has 1 aromatic carbocycles. The van der Waals surface area contributed by atoms with Crippen molar-refractivity contribution in [2.24, 2.45) is 0 Å². The number of benzene rings is 1. The number of hydrogen-bond donors (Lipinski definition) is 0. The first-order chi connectivity index (χ1) is 11.5. The number of aryl methyl sites for hydroxylation is 1. The van der Waals surface area contributed by atoms with Crippen molar-refractivity contribution >= 4 is 5.97 Å². The molecule has 0 atom stereocenters. The van der Waals surface area contributed by atoms with Crippen LogP contribution in [-0.4, -0.2) is 21.1 Å². The summed E-state index contributed by atoms with van der Waals surface area (Å²) in [5, 5.41) is 3.91. The van der Waals surface area contributed by atoms with E-state index in [9.17, 15) is 9.18 Å². The number of hydrogen-bond acceptors (Lipinski definition) is 6. The van der Waals surface area contributed by atoms with Gasteiger partial charge >= 0.3 is 5.97 Å². The second kappa shape index (κ2) is 6.57. The molecule has 122 valence electrons. The molecule has 0 spiro atoms. The largest absolute Gasteiger partial charge is 0.454 e. The van der Waals surface area contributed by atoms with Gasteiger partial charge in [0.25, 0.3) is 0 Å². The van der Waals surface area contributed by atoms with Gasteiger partial charge in [-0.2, -0.15) is 0 Å². The monoisotopic (exact) mass is 327 g/mol. The zero-order valence-corrected chi connectivity index (χ0v) is 13.1. The van der Waals surface area contributed by atoms with Crippen LogP contribution in [0.4, 0.5) is 4.39 Å². The molecule has 7 heteroatoms. The highest BCUT2D eigenvalue weighted by atomic mass is 19.1. The first-order valence-corrected chi connectivity index (χ1v) is 7.21. The number of nitrogens with zero attached hydrogens (tertiary/aromatic N) is 3. The van der Waals surface area contributed by atoms with Crippen LogP contribution in [0.25, 0.3) is 11.3 Å². The lowest BCUT2D eigenvalue weighted by Crippen LogP contribution is -2.08. The molecule has 0 fully saturated rings. The van der Waals surface area contributed by atoms with Gasteiger partial charge in [0.1, 0.15) is 18.1 Å². The number of carbonyl (C=O) groups is 1. The van der Waals surface area contributed by atoms with Crippen molar-refractivity contribution in [2.75, 3.05) is 0 Å². The Bertz CT molecular complexity index is 858. The summed E-state index contributed by atoms with van der Waals surface area (Å²) in [5.41, 5.74) is 2.75. The second-order valence-electron chi connectivity index (χ2n) is 5.21. The molecule has 2 heterocycles. The lowest BCUT2D eigenvalue weighted by atomic mass is 10.1. The number of aromatic nitrogens is 3. The lowest BCUT2D eigenvalue weighted by Gasteiger charge is -2.03. The van der Waals surface area contributed by atoms with Crippen molar-refractivity contribution in [3.05, 3.63) is 65.1 Å². The van der Waals surface area contributed by atoms with E-state index in [-0.39, 0.29) is 18.1 Å². The third kappa shape index (κ3) is 3.29. The number of ether oxygens (including phenoxy) is 1. The van der Waals surface area contributed by atoms with Gasteiger partial charge in [0.2, 0.25) is 0 Å². The third-order valence-corrected chi connectivity index (χ3v) is 3.46. The van der Waals surface area contributed by atoms with Crippen molar-refractivity contribution in [2.45, 2.75) is 20.5 Å². The summed E-state index contributed by atoms with van der Waals surface area (Å²) in [6.45, 7) is 3.52. The molecule has 0 amide bonds. The van der Waals surface area contributed by atoms with Gasteiger partial charge in [-0.25, -0.2) is 14.2 Å². The van der Waals surface area contributed by atoms with Crippen LogP contribution >= 0.6 is 0 Å². The molecular weight excluding hydrogens is 313 g/mol. The van der Waals surface area contributed by atoms with E-state index in [0.717, 1.165) is 5.56 Å². The van der Waals surface area contributed by atoms with E-state index < -0.39 is 5.97 Å². The van der Waals surface area contributed by atoms with Gasteiger partial charge in [0.15, 0.2) is 11.5 Å². The SMILES string of the molecule is Cc1cnc(C(=O)OCc2noc(-c3ccc(F)cc3)c2C)cn1. The van der Waals surface area contributed by atoms with Crippen molar-refractivity contribution in [1.29, 1.82) is 0 Å². The van der Waals surface area contributed by atoms with E-state index in [1.54, 1.807) is 26.0 Å². The standard InChI is InChI=1S/C17H14FN3O3/c1-10-7-20-14(8-19-10)17(22)23-9-15-11(2)16(24-21-15)12-3-5-13(18)6-4-12/h3-8H,9H2,1-2H3. The Morgan fingerprint density at radius 3 is 2.58 bits per heavy atom. The average molecular weight is 327 g/mol. The summed E-state index contributed by atoms with van der Waals surface area (Å²) < 4.78 is 23.5. The summed E-state index contributed by atoms with van der Waals surface area (Å²) in [6, 6.07) is 5.88. The van der Waals surface area contributed by atoms with Crippen LogP contribution in [-0.2, 0) is 11.3 Å². The molecule has 2 aromatic heterocycles. The molecule has 0 N–H and O–H groups in total. The molecule has 24 heavy (non-hydrogen) atoms. The van der Waals surface area contributed by atoms with Gasteiger partial charge in [-0.05, 0) is 38.1 Å². The van der Waals surface area contributed by atoms with Crippen molar-refractivity contribution in [3.63, 3.8) is 0 Å². The van der Waals surface area contributed by atoms with Crippen LogP contribution in [0.3, 0.4) is 0 Å². The van der Waals surface area contributed by atoms with E-state index in [1.165, 1.54) is 24.5 Å². The zero-order chi connectivity index (χ0) is 17.1. The van der Waals surface area contributed by atoms with Gasteiger partial charge in [-0.15, -0.1) is 0 Å². The van der Waals surface area contributed by atoms with E-state index >= 15 is 0 Å². The molecule has 0 radical (unpaired) electrons. The second-order valence-corrected chi connectivity index (χ2v) is 5.21. The fourth-order valence-corrected chi connectivity index (χ4v) is 2.08. The summed E-state index contributed by atoms with van der Waals surface area (Å²) in [4.78, 5) is 19.9. The van der Waals surface area contributed by atoms with Gasteiger partial charge in [0, 0.05) is 17.3 Å². The highest BCUT2D eigenvalue weighted by molar-refractivity contribution is 5.86. The Hall–Kier alpha value is -3.09. The quantitative estimate of drug-likeness (QED) is 0.685. The number of carbonyl (C=O) groups excluding carboxylic acids is 1. The molecule has 0 aliphatic carbocycles. The topological polar surface area (TPSA) is 78.1 Å². The predicted octanol–water partition coefficient (Wildman–Crippen LogP) is 3.24. The van der Waals surface area contributed by atoms with E-state index in [4.69, 9.17) is 9.26 Å². The summed E-state index contributed by atoms with van der Waals surface area (Å²) in [6.07, 6.45) is 2.85. The molecule has 0 aliphatic heterocycles. The van der Waals surface area contributed by atoms with Crippen LogP contribution in [0.2, 0.25) is 0 Å². The first kappa shape index (κ1) is 15.8. The minimum atomic E-state index is -0.590. The maximum absolute atomic E-state index is 13.0. The van der Waals surface area contributed by atoms with Crippen molar-refractivity contribution < 1.29 is 18.4 Å². The molecule has 3 aromatic rings. The minimum absolute atomic E-state index is 0.0507. The van der Waals surface area contributed by atoms with Crippen molar-refractivity contribution in [3.8, 4) is 11.3 Å². The highest BCUT2D eigenvalue weighted by Crippen LogP contribution is 2.26. The van der Waals surface area contributed by atoms with Crippen molar-refractivity contribution in [1.82, 2.24) is 15.1 Å². The average Bonchev–Trinajstić information content (AvgIpc) is 2.95. The van der Waals surface area contributed by atoms with E-state index in [0.29, 0.717) is 22.7 Å². The maximum Gasteiger partial charge on any atom is 0.358 e. The van der Waals surface area contributed by atoms with E-state index in [2.05, 4.69) is 15.1 Å². The van der Waals surface area contributed by atoms with Crippen LogP contribution in [0.1, 0.15) is 27.4 Å². The first-order valence-electron chi connectivity index (χ1n) is 7.21. The predicted molar refractivity (Wildman–Crippen MR) is 82.5 cm³/mol. The van der Waals surface area contributed by atoms with Crippen LogP contribution < -0.4 is 0 Å². The van der Waals surface area contributed by atoms with E-state index in [1.807, 2.05) is 0 Å². The molecule has 6 nitrogen and oxygen atoms in total. The third-order valence-electron chi connectivity index (χ3n) is 3.46. The lowest BCUT2D eigenvalue weighted by molar-refractivity contribution is 0.0456. The van der Waals surface area contributed by atoms with Crippen LogP contribution in [0.15, 0.2) is 41.2 Å². The normalized spacial score (nSPS) is 10.6. The number of rotatable bonds is 4. The Morgan fingerprint density at radius 2 is 1.92 bits per heavy atom. The number of esters is 1.